The largest absolute Gasteiger partial charge is 0.475 e. The smallest absolute Gasteiger partial charge is 0.374 e. The van der Waals surface area contributed by atoms with E-state index >= 15 is 0 Å². The second-order valence-corrected chi connectivity index (χ2v) is 8.18. The van der Waals surface area contributed by atoms with Crippen LogP contribution in [0, 0.1) is 0 Å². The Labute approximate surface area is 172 Å². The van der Waals surface area contributed by atoms with Gasteiger partial charge in [-0.3, -0.25) is 4.79 Å². The Kier molecular flexibility index (Phi) is 5.29. The Hall–Kier alpha value is -2.84. The molecule has 2 aromatic heterocycles. The third-order valence-electron chi connectivity index (χ3n) is 5.17. The quantitative estimate of drug-likeness (QED) is 0.534. The van der Waals surface area contributed by atoms with Gasteiger partial charge in [0.25, 0.3) is 0 Å². The number of ketones is 1. The average molecular weight is 410 g/mol. The highest BCUT2D eigenvalue weighted by atomic mass is 32.1. The lowest BCUT2D eigenvalue weighted by molar-refractivity contribution is -0.118. The molecule has 0 radical (unpaired) electrons. The van der Waals surface area contributed by atoms with Crippen LogP contribution in [0.15, 0.2) is 30.3 Å². The molecule has 0 amide bonds. The van der Waals surface area contributed by atoms with Crippen molar-refractivity contribution in [2.45, 2.75) is 26.3 Å². The molecule has 8 heteroatoms. The van der Waals surface area contributed by atoms with Gasteiger partial charge in [0, 0.05) is 24.5 Å². The van der Waals surface area contributed by atoms with Gasteiger partial charge in [0.15, 0.2) is 5.78 Å². The molecule has 7 nitrogen and oxygen atoms in total. The summed E-state index contributed by atoms with van der Waals surface area (Å²) in [5, 5.41) is 13.3. The van der Waals surface area contributed by atoms with Crippen molar-refractivity contribution < 1.29 is 14.7 Å². The molecule has 0 spiro atoms. The number of hydrogen-bond donors (Lipinski definition) is 2. The van der Waals surface area contributed by atoms with Crippen LogP contribution < -0.4 is 10.2 Å². The molecule has 1 atom stereocenters. The van der Waals surface area contributed by atoms with Gasteiger partial charge in [-0.15, -0.1) is 11.3 Å². The lowest BCUT2D eigenvalue weighted by Crippen LogP contribution is -2.55. The number of carbonyl (C=O) groups excluding carboxylic acids is 1. The molecule has 1 aliphatic heterocycles. The minimum absolute atomic E-state index is 0.0341. The van der Waals surface area contributed by atoms with Crippen molar-refractivity contribution in [2.24, 2.45) is 0 Å². The zero-order chi connectivity index (χ0) is 20.5. The van der Waals surface area contributed by atoms with E-state index in [0.717, 1.165) is 23.2 Å². The number of thiophene rings is 1. The number of piperazine rings is 1. The molecule has 29 heavy (non-hydrogen) atoms. The van der Waals surface area contributed by atoms with Gasteiger partial charge in [-0.2, -0.15) is 0 Å². The van der Waals surface area contributed by atoms with Gasteiger partial charge in [0.2, 0.25) is 5.82 Å². The number of aromatic carboxylic acids is 1. The molecule has 0 aromatic carbocycles. The number of nitrogens with one attached hydrogen (secondary N) is 1. The molecule has 1 unspecified atom stereocenters. The van der Waals surface area contributed by atoms with Gasteiger partial charge in [0.05, 0.1) is 5.39 Å². The van der Waals surface area contributed by atoms with Gasteiger partial charge in [-0.05, 0) is 30.5 Å². The summed E-state index contributed by atoms with van der Waals surface area (Å²) in [6.07, 6.45) is 0.848. The predicted molar refractivity (Wildman–Crippen MR) is 114 cm³/mol. The first kappa shape index (κ1) is 19.5. The second kappa shape index (κ2) is 7.88. The van der Waals surface area contributed by atoms with E-state index in [1.165, 1.54) is 22.5 Å². The number of benzene rings is 1. The topological polar surface area (TPSA) is 95.4 Å². The SMILES string of the molecule is CCc1cc2c(N3CCNCC3C(C)=O)nc(C(=O)O)nc2s1.c1cc2ccc1-2. The molecule has 3 aliphatic rings. The highest BCUT2D eigenvalue weighted by Crippen LogP contribution is 2.33. The third kappa shape index (κ3) is 3.73. The standard InChI is InChI=1S/C15H18N4O3S.C6H4/c1-3-9-6-10-13(17-12(15(21)22)18-14(10)23-9)19-5-4-16-7-11(19)8(2)20;1-2-6-4-3-5(1)6/h6,11,16H,3-5,7H2,1-2H3,(H,21,22);1-4H. The van der Waals surface area contributed by atoms with Gasteiger partial charge < -0.3 is 15.3 Å². The summed E-state index contributed by atoms with van der Waals surface area (Å²) in [7, 11) is 0. The molecular formula is C21H22N4O3S. The molecule has 0 bridgehead atoms. The highest BCUT2D eigenvalue weighted by Gasteiger charge is 2.30. The second-order valence-electron chi connectivity index (χ2n) is 7.06. The van der Waals surface area contributed by atoms with E-state index in [1.54, 1.807) is 6.92 Å². The minimum Gasteiger partial charge on any atom is -0.475 e. The molecule has 1 saturated heterocycles. The molecular weight excluding hydrogens is 388 g/mol. The molecule has 5 rings (SSSR count). The maximum absolute atomic E-state index is 12.0. The summed E-state index contributed by atoms with van der Waals surface area (Å²) in [6, 6.07) is 10.1. The average Bonchev–Trinajstić information content (AvgIpc) is 3.13. The number of rotatable bonds is 4. The number of fused-ring (bicyclic) bond motifs is 2. The number of anilines is 1. The van der Waals surface area contributed by atoms with Crippen LogP contribution in [0.3, 0.4) is 0 Å². The van der Waals surface area contributed by atoms with E-state index in [2.05, 4.69) is 39.6 Å². The number of carbonyl (C=O) groups is 2. The van der Waals surface area contributed by atoms with E-state index in [0.29, 0.717) is 23.7 Å². The predicted octanol–water partition coefficient (Wildman–Crippen LogP) is 2.99. The van der Waals surface area contributed by atoms with Crippen LogP contribution in [0.1, 0.15) is 29.3 Å². The summed E-state index contributed by atoms with van der Waals surface area (Å²) < 4.78 is 0. The van der Waals surface area contributed by atoms with Crippen LogP contribution in [-0.2, 0) is 11.2 Å². The first-order valence-corrected chi connectivity index (χ1v) is 10.4. The molecule has 2 aromatic rings. The van der Waals surface area contributed by atoms with Crippen molar-refractivity contribution in [1.29, 1.82) is 0 Å². The summed E-state index contributed by atoms with van der Waals surface area (Å²) in [5.74, 6) is -0.802. The molecule has 3 heterocycles. The fraction of sp³-hybridized carbons (Fsp3) is 0.333. The third-order valence-corrected chi connectivity index (χ3v) is 6.34. The van der Waals surface area contributed by atoms with Gasteiger partial charge in [-0.25, -0.2) is 14.8 Å². The number of carboxylic acid groups (broad SMARTS) is 1. The van der Waals surface area contributed by atoms with E-state index in [4.69, 9.17) is 0 Å². The lowest BCUT2D eigenvalue weighted by atomic mass is 9.95. The fourth-order valence-corrected chi connectivity index (χ4v) is 4.39. The van der Waals surface area contributed by atoms with Crippen molar-refractivity contribution in [3.05, 3.63) is 41.0 Å². The molecule has 2 aliphatic carbocycles. The Bertz CT molecular complexity index is 1060. The summed E-state index contributed by atoms with van der Waals surface area (Å²) in [4.78, 5) is 35.4. The fourth-order valence-electron chi connectivity index (χ4n) is 3.43. The monoisotopic (exact) mass is 410 g/mol. The summed E-state index contributed by atoms with van der Waals surface area (Å²) in [6.45, 7) is 5.45. The molecule has 2 N–H and O–H groups in total. The molecule has 1 fully saturated rings. The van der Waals surface area contributed by atoms with Crippen LogP contribution in [0.25, 0.3) is 21.3 Å². The van der Waals surface area contributed by atoms with Crippen LogP contribution in [0.5, 0.6) is 0 Å². The molecule has 0 saturated carbocycles. The number of hydrogen-bond acceptors (Lipinski definition) is 7. The van der Waals surface area contributed by atoms with Gasteiger partial charge in [0.1, 0.15) is 16.7 Å². The summed E-state index contributed by atoms with van der Waals surface area (Å²) in [5.41, 5.74) is 2.85. The van der Waals surface area contributed by atoms with Crippen LogP contribution in [0.2, 0.25) is 0 Å². The zero-order valence-corrected chi connectivity index (χ0v) is 17.1. The number of aryl methyl sites for hydroxylation is 1. The number of aromatic nitrogens is 2. The van der Waals surface area contributed by atoms with E-state index < -0.39 is 5.97 Å². The molecule has 150 valence electrons. The maximum atomic E-state index is 12.0. The van der Waals surface area contributed by atoms with E-state index in [1.807, 2.05) is 17.9 Å². The van der Waals surface area contributed by atoms with Crippen molar-refractivity contribution in [1.82, 2.24) is 15.3 Å². The van der Waals surface area contributed by atoms with Crippen molar-refractivity contribution in [3.63, 3.8) is 0 Å². The Morgan fingerprint density at radius 2 is 1.93 bits per heavy atom. The van der Waals surface area contributed by atoms with Crippen LogP contribution >= 0.6 is 11.3 Å². The lowest BCUT2D eigenvalue weighted by Gasteiger charge is -2.35. The van der Waals surface area contributed by atoms with E-state index in [-0.39, 0.29) is 17.6 Å². The van der Waals surface area contributed by atoms with Crippen LogP contribution in [-0.4, -0.2) is 52.5 Å². The van der Waals surface area contributed by atoms with Crippen molar-refractivity contribution >= 4 is 39.1 Å². The Balaban J connectivity index is 0.000000286. The van der Waals surface area contributed by atoms with Crippen LogP contribution in [0.4, 0.5) is 5.82 Å². The van der Waals surface area contributed by atoms with E-state index in [9.17, 15) is 14.7 Å². The van der Waals surface area contributed by atoms with Crippen molar-refractivity contribution in [3.8, 4) is 11.1 Å². The van der Waals surface area contributed by atoms with Gasteiger partial charge in [-0.1, -0.05) is 31.2 Å². The summed E-state index contributed by atoms with van der Waals surface area (Å²) >= 11 is 1.47. The Morgan fingerprint density at radius 1 is 1.24 bits per heavy atom. The first-order chi connectivity index (χ1) is 14.0. The maximum Gasteiger partial charge on any atom is 0.374 e. The minimum atomic E-state index is -1.16. The number of nitrogens with zero attached hydrogens (tertiary/aromatic N) is 3. The van der Waals surface area contributed by atoms with Crippen molar-refractivity contribution in [2.75, 3.05) is 24.5 Å². The number of Topliss-reactive ketones (excluding diaryl/α,β-unsaturated/α-hetero) is 1. The normalized spacial score (nSPS) is 16.9. The number of carboxylic acids is 1. The Morgan fingerprint density at radius 3 is 2.45 bits per heavy atom. The first-order valence-electron chi connectivity index (χ1n) is 9.60. The zero-order valence-electron chi connectivity index (χ0n) is 16.3. The highest BCUT2D eigenvalue weighted by molar-refractivity contribution is 7.18. The van der Waals surface area contributed by atoms with Gasteiger partial charge >= 0.3 is 5.97 Å².